The molecule has 6 N–H and O–H groups in total. The molecule has 0 bridgehead atoms. The first kappa shape index (κ1) is 32.5. The summed E-state index contributed by atoms with van der Waals surface area (Å²) in [4.78, 5) is 17.3. The molecule has 0 aliphatic rings. The van der Waals surface area contributed by atoms with Crippen LogP contribution in [0.3, 0.4) is 0 Å². The summed E-state index contributed by atoms with van der Waals surface area (Å²) in [6, 6.07) is 7.37. The smallest absolute Gasteiger partial charge is 0.299 e. The number of anilines is 1. The number of aliphatic hydroxyl groups is 1. The minimum Gasteiger partial charge on any atom is -0.487 e. The van der Waals surface area contributed by atoms with Crippen molar-refractivity contribution in [1.29, 1.82) is 0 Å². The van der Waals surface area contributed by atoms with Gasteiger partial charge in [0.05, 0.1) is 5.69 Å². The molecule has 0 radical (unpaired) electrons. The number of ether oxygens (including phenoxy) is 1. The maximum atomic E-state index is 11.4. The Morgan fingerprint density at radius 1 is 1.30 bits per heavy atom. The van der Waals surface area contributed by atoms with Crippen molar-refractivity contribution in [3.63, 3.8) is 0 Å². The molecule has 0 aromatic heterocycles. The third kappa shape index (κ3) is 17.0. The lowest BCUT2D eigenvalue weighted by Gasteiger charge is -2.14. The van der Waals surface area contributed by atoms with E-state index in [0.29, 0.717) is 17.8 Å². The normalized spacial score (nSPS) is 8.93. The highest BCUT2D eigenvalue weighted by Crippen LogP contribution is 2.18. The Labute approximate surface area is 178 Å². The summed E-state index contributed by atoms with van der Waals surface area (Å²) in [5.74, 6) is -0.0571. The van der Waals surface area contributed by atoms with Gasteiger partial charge in [0.2, 0.25) is 5.91 Å². The van der Waals surface area contributed by atoms with Gasteiger partial charge in [0.25, 0.3) is 16.4 Å². The van der Waals surface area contributed by atoms with E-state index in [-0.39, 0.29) is 44.4 Å². The molecule has 27 heavy (non-hydrogen) atoms. The quantitative estimate of drug-likeness (QED) is 0.321. The number of hydrogen-bond acceptors (Lipinski definition) is 5. The lowest BCUT2D eigenvalue weighted by molar-refractivity contribution is -0.115. The number of thiocarbonyl (C=S) groups is 2. The van der Waals surface area contributed by atoms with Crippen molar-refractivity contribution in [2.75, 3.05) is 19.4 Å². The number of nitrogens with two attached hydrogens (primary N) is 2. The molecule has 0 aliphatic carbocycles. The Bertz CT molecular complexity index is 624. The Morgan fingerprint density at radius 3 is 2.22 bits per heavy atom. The van der Waals surface area contributed by atoms with Crippen molar-refractivity contribution in [2.24, 2.45) is 16.5 Å². The van der Waals surface area contributed by atoms with Crippen LogP contribution in [-0.2, 0) is 9.53 Å². The Morgan fingerprint density at radius 2 is 1.81 bits per heavy atom. The van der Waals surface area contributed by atoms with Crippen molar-refractivity contribution in [3.05, 3.63) is 24.3 Å². The SMILES string of the molecule is C.C.CCC(=O)Nc1cccc(N=C(OC(N)=S)N(C)C)c1.Cl.NC(O)=S. The monoisotopic (exact) mass is 439 g/mol. The van der Waals surface area contributed by atoms with E-state index < -0.39 is 5.17 Å². The number of nitrogens with one attached hydrogen (secondary N) is 1. The lowest BCUT2D eigenvalue weighted by atomic mass is 10.2. The van der Waals surface area contributed by atoms with Crippen LogP contribution in [0, 0.1) is 0 Å². The highest BCUT2D eigenvalue weighted by atomic mass is 35.5. The van der Waals surface area contributed by atoms with Crippen LogP contribution >= 0.6 is 36.8 Å². The first-order valence-corrected chi connectivity index (χ1v) is 7.59. The van der Waals surface area contributed by atoms with Crippen molar-refractivity contribution in [3.8, 4) is 0 Å². The summed E-state index contributed by atoms with van der Waals surface area (Å²) in [7, 11) is 3.53. The zero-order valence-corrected chi connectivity index (χ0v) is 16.5. The number of benzene rings is 1. The minimum absolute atomic E-state index is 0. The molecule has 1 aromatic rings. The number of amides is 1. The topological polar surface area (TPSA) is 126 Å². The molecule has 0 saturated carbocycles. The number of aliphatic hydroxyl groups excluding tert-OH is 1. The zero-order valence-electron chi connectivity index (χ0n) is 14.1. The van der Waals surface area contributed by atoms with Crippen LogP contribution in [0.4, 0.5) is 11.4 Å². The van der Waals surface area contributed by atoms with Gasteiger partial charge in [-0.15, -0.1) is 12.4 Å². The molecule has 0 atom stereocenters. The number of nitrogens with zero attached hydrogens (tertiary/aromatic N) is 2. The van der Waals surface area contributed by atoms with Gasteiger partial charge in [0, 0.05) is 26.2 Å². The predicted octanol–water partition coefficient (Wildman–Crippen LogP) is 3.33. The average Bonchev–Trinajstić information content (AvgIpc) is 2.45. The number of carbonyl (C=O) groups excluding carboxylic acids is 1. The second kappa shape index (κ2) is 17.3. The fourth-order valence-corrected chi connectivity index (χ4v) is 1.39. The van der Waals surface area contributed by atoms with Gasteiger partial charge in [-0.1, -0.05) is 27.8 Å². The van der Waals surface area contributed by atoms with E-state index in [2.05, 4.69) is 28.3 Å². The number of rotatable bonds is 3. The highest BCUT2D eigenvalue weighted by molar-refractivity contribution is 7.80. The van der Waals surface area contributed by atoms with Crippen LogP contribution < -0.4 is 16.8 Å². The Balaban J connectivity index is -0.000000344. The Kier molecular flexibility index (Phi) is 20.8. The van der Waals surface area contributed by atoms with E-state index in [9.17, 15) is 4.79 Å². The molecule has 0 aliphatic heterocycles. The van der Waals surface area contributed by atoms with Crippen LogP contribution in [0.1, 0.15) is 28.2 Å². The highest BCUT2D eigenvalue weighted by Gasteiger charge is 2.06. The largest absolute Gasteiger partial charge is 0.487 e. The zero-order chi connectivity index (χ0) is 18.7. The van der Waals surface area contributed by atoms with Crippen molar-refractivity contribution in [2.45, 2.75) is 28.2 Å². The third-order valence-corrected chi connectivity index (χ3v) is 2.33. The maximum Gasteiger partial charge on any atom is 0.299 e. The van der Waals surface area contributed by atoms with Gasteiger partial charge >= 0.3 is 0 Å². The molecule has 0 spiro atoms. The van der Waals surface area contributed by atoms with Gasteiger partial charge < -0.3 is 31.5 Å². The van der Waals surface area contributed by atoms with Crippen LogP contribution in [0.15, 0.2) is 29.3 Å². The number of carbonyl (C=O) groups is 1. The molecular weight excluding hydrogens is 410 g/mol. The molecule has 1 rings (SSSR count). The van der Waals surface area contributed by atoms with E-state index in [0.717, 1.165) is 0 Å². The molecule has 8 nitrogen and oxygen atoms in total. The summed E-state index contributed by atoms with van der Waals surface area (Å²) in [6.07, 6.45) is 0.418. The first-order valence-electron chi connectivity index (χ1n) is 6.77. The van der Waals surface area contributed by atoms with Crippen LogP contribution in [-0.4, -0.2) is 46.4 Å². The van der Waals surface area contributed by atoms with Crippen molar-refractivity contribution >= 4 is 70.5 Å². The van der Waals surface area contributed by atoms with E-state index in [1.807, 2.05) is 0 Å². The van der Waals surface area contributed by atoms with E-state index in [4.69, 9.17) is 27.8 Å². The van der Waals surface area contributed by atoms with Crippen LogP contribution in [0.5, 0.6) is 0 Å². The average molecular weight is 440 g/mol. The van der Waals surface area contributed by atoms with Gasteiger partial charge in [-0.3, -0.25) is 4.79 Å². The van der Waals surface area contributed by atoms with Gasteiger partial charge in [-0.25, -0.2) is 0 Å². The molecule has 0 saturated heterocycles. The number of halogens is 1. The van der Waals surface area contributed by atoms with Gasteiger partial charge in [0.15, 0.2) is 0 Å². The summed E-state index contributed by atoms with van der Waals surface area (Å²) in [6.45, 7) is 1.79. The van der Waals surface area contributed by atoms with Crippen LogP contribution in [0.25, 0.3) is 0 Å². The number of hydrogen-bond donors (Lipinski definition) is 4. The van der Waals surface area contributed by atoms with E-state index >= 15 is 0 Å². The standard InChI is InChI=1S/C13H18N4O2S.CH3NOS.2CH4.ClH/c1-4-11(18)15-9-6-5-7-10(8-9)16-13(17(2)3)19-12(14)20;2-1(3)4;;;/h5-8H,4H2,1-3H3,(H2,14,20)(H,15,18);(H3,2,3,4);2*1H4;1H. The lowest BCUT2D eigenvalue weighted by Crippen LogP contribution is -2.29. The minimum atomic E-state index is -0.500. The molecule has 156 valence electrons. The summed E-state index contributed by atoms with van der Waals surface area (Å²) >= 11 is 8.57. The number of amidine groups is 1. The predicted molar refractivity (Wildman–Crippen MR) is 124 cm³/mol. The second-order valence-electron chi connectivity index (χ2n) is 4.50. The molecule has 0 fully saturated rings. The Hall–Kier alpha value is -2.17. The van der Waals surface area contributed by atoms with Gasteiger partial charge in [0.1, 0.15) is 0 Å². The van der Waals surface area contributed by atoms with E-state index in [1.165, 1.54) is 0 Å². The molecule has 1 amide bonds. The molecule has 11 heteroatoms. The second-order valence-corrected chi connectivity index (χ2v) is 5.32. The van der Waals surface area contributed by atoms with Gasteiger partial charge in [-0.2, -0.15) is 4.99 Å². The summed E-state index contributed by atoms with van der Waals surface area (Å²) in [5.41, 5.74) is 11.0. The maximum absolute atomic E-state index is 11.4. The van der Waals surface area contributed by atoms with E-state index in [1.54, 1.807) is 50.2 Å². The fourth-order valence-electron chi connectivity index (χ4n) is 1.32. The molecular formula is C16H30ClN5O3S2. The summed E-state index contributed by atoms with van der Waals surface area (Å²) < 4.78 is 5.16. The fraction of sp³-hybridized carbons (Fsp3) is 0.375. The van der Waals surface area contributed by atoms with Crippen LogP contribution in [0.2, 0.25) is 0 Å². The summed E-state index contributed by atoms with van der Waals surface area (Å²) in [5, 5.41) is 9.72. The molecule has 0 unspecified atom stereocenters. The molecule has 0 heterocycles. The van der Waals surface area contributed by atoms with Crippen molar-refractivity contribution < 1.29 is 14.6 Å². The first-order chi connectivity index (χ1) is 11.1. The number of aliphatic imine (C=N–C) groups is 1. The van der Waals surface area contributed by atoms with Gasteiger partial charge in [-0.05, 0) is 42.6 Å². The molecule has 1 aromatic carbocycles. The van der Waals surface area contributed by atoms with Crippen molar-refractivity contribution in [1.82, 2.24) is 4.90 Å². The third-order valence-electron chi connectivity index (χ3n) is 2.25.